The Morgan fingerprint density at radius 2 is 1.39 bits per heavy atom. The van der Waals surface area contributed by atoms with Gasteiger partial charge in [0.05, 0.1) is 0 Å². The predicted molar refractivity (Wildman–Crippen MR) is 62.8 cm³/mol. The predicted octanol–water partition coefficient (Wildman–Crippen LogP) is 1.10. The summed E-state index contributed by atoms with van der Waals surface area (Å²) in [6.45, 7) is 1.83. The van der Waals surface area contributed by atoms with Crippen LogP contribution in [0.4, 0.5) is 30.7 Å². The van der Waals surface area contributed by atoms with Crippen molar-refractivity contribution in [2.24, 2.45) is 0 Å². The van der Waals surface area contributed by atoms with Crippen molar-refractivity contribution in [3.63, 3.8) is 0 Å². The number of hydrogen-bond acceptors (Lipinski definition) is 3. The molecule has 0 saturated heterocycles. The molecular weight excluding hydrogens is 384 g/mol. The van der Waals surface area contributed by atoms with E-state index in [0.29, 0.717) is 12.8 Å². The molecule has 0 rings (SSSR count). The van der Waals surface area contributed by atoms with Crippen LogP contribution in [0.25, 0.3) is 0 Å². The Morgan fingerprint density at radius 1 is 0.957 bits per heavy atom. The third kappa shape index (κ3) is 6.06. The van der Waals surface area contributed by atoms with Gasteiger partial charge in [0.2, 0.25) is 0 Å². The normalized spacial score (nSPS) is 15.2. The van der Waals surface area contributed by atoms with E-state index in [2.05, 4.69) is 0 Å². The summed E-state index contributed by atoms with van der Waals surface area (Å²) in [6, 6.07) is 0. The molecule has 1 atom stereocenters. The van der Waals surface area contributed by atoms with Crippen molar-refractivity contribution >= 4 is 10.1 Å². The van der Waals surface area contributed by atoms with Crippen LogP contribution in [0.3, 0.4) is 0 Å². The van der Waals surface area contributed by atoms with Crippen molar-refractivity contribution in [3.8, 4) is 0 Å². The fourth-order valence-electron chi connectivity index (χ4n) is 1.66. The first-order valence-corrected chi connectivity index (χ1v) is 7.87. The molecule has 0 aliphatic carbocycles. The molecule has 0 spiro atoms. The van der Waals surface area contributed by atoms with Crippen molar-refractivity contribution < 1.29 is 95.1 Å². The van der Waals surface area contributed by atoms with E-state index in [1.807, 2.05) is 6.92 Å². The Hall–Kier alpha value is 1.06. The van der Waals surface area contributed by atoms with Crippen molar-refractivity contribution in [1.82, 2.24) is 0 Å². The third-order valence-electron chi connectivity index (χ3n) is 3.05. The van der Waals surface area contributed by atoms with Gasteiger partial charge in [-0.3, -0.25) is 0 Å². The molecule has 134 valence electrons. The Balaban J connectivity index is 0. The zero-order chi connectivity index (χ0) is 17.8. The monoisotopic (exact) mass is 400 g/mol. The molecular formula is C11H16F7KO3S. The van der Waals surface area contributed by atoms with E-state index in [4.69, 9.17) is 0 Å². The second-order valence-corrected chi connectivity index (χ2v) is 6.26. The van der Waals surface area contributed by atoms with Gasteiger partial charge in [-0.25, -0.2) is 12.8 Å². The first-order chi connectivity index (χ1) is 9.73. The summed E-state index contributed by atoms with van der Waals surface area (Å²) in [5.41, 5.74) is 0. The summed E-state index contributed by atoms with van der Waals surface area (Å²) in [7, 11) is -7.09. The standard InChI is InChI=1S/C11H17F7O3S.K/c1-2-3-4-5-6-7-8(12)9(13,14)10(15,16)11(17,18)22(19,20)21;/h8H,2-7H2,1H3,(H,19,20,21);/q;+1/p-1. The van der Waals surface area contributed by atoms with Crippen molar-refractivity contribution in [3.05, 3.63) is 0 Å². The minimum Gasteiger partial charge on any atom is -0.743 e. The van der Waals surface area contributed by atoms with Gasteiger partial charge in [0.25, 0.3) is 0 Å². The molecule has 0 heterocycles. The fourth-order valence-corrected chi connectivity index (χ4v) is 2.11. The van der Waals surface area contributed by atoms with E-state index in [1.54, 1.807) is 0 Å². The fraction of sp³-hybridized carbons (Fsp3) is 1.00. The van der Waals surface area contributed by atoms with Gasteiger partial charge < -0.3 is 4.55 Å². The summed E-state index contributed by atoms with van der Waals surface area (Å²) in [6.07, 6.45) is -2.87. The van der Waals surface area contributed by atoms with E-state index in [9.17, 15) is 43.7 Å². The van der Waals surface area contributed by atoms with Crippen molar-refractivity contribution in [1.29, 1.82) is 0 Å². The molecule has 1 unspecified atom stereocenters. The summed E-state index contributed by atoms with van der Waals surface area (Å²) >= 11 is 0. The Labute approximate surface area is 172 Å². The zero-order valence-corrected chi connectivity index (χ0v) is 16.5. The van der Waals surface area contributed by atoms with Crippen LogP contribution in [0.15, 0.2) is 0 Å². The molecule has 0 aromatic rings. The molecule has 0 amide bonds. The summed E-state index contributed by atoms with van der Waals surface area (Å²) in [5, 5.41) is -6.62. The second-order valence-electron chi connectivity index (χ2n) is 4.84. The molecule has 0 bridgehead atoms. The quantitative estimate of drug-likeness (QED) is 0.239. The van der Waals surface area contributed by atoms with Gasteiger partial charge in [0, 0.05) is 0 Å². The van der Waals surface area contributed by atoms with Gasteiger partial charge in [-0.05, 0) is 6.42 Å². The SMILES string of the molecule is CCCCCCCC(F)C(F)(F)C(F)(F)C(F)(F)S(=O)(=O)[O-].[K+]. The maximum absolute atomic E-state index is 13.2. The van der Waals surface area contributed by atoms with Gasteiger partial charge in [0.15, 0.2) is 16.3 Å². The van der Waals surface area contributed by atoms with Crippen molar-refractivity contribution in [2.75, 3.05) is 0 Å². The molecule has 0 aliphatic heterocycles. The minimum atomic E-state index is -7.09. The maximum Gasteiger partial charge on any atom is 1.00 e. The molecule has 0 saturated carbocycles. The van der Waals surface area contributed by atoms with Crippen LogP contribution in [0.5, 0.6) is 0 Å². The minimum absolute atomic E-state index is 0. The molecule has 23 heavy (non-hydrogen) atoms. The van der Waals surface area contributed by atoms with Crippen molar-refractivity contribution in [2.45, 2.75) is 68.7 Å². The third-order valence-corrected chi connectivity index (χ3v) is 3.94. The topological polar surface area (TPSA) is 57.2 Å². The number of halogens is 7. The Bertz CT molecular complexity index is 457. The molecule has 0 aromatic heterocycles. The molecule has 12 heteroatoms. The molecule has 0 aromatic carbocycles. The van der Waals surface area contributed by atoms with Crippen LogP contribution >= 0.6 is 0 Å². The average molecular weight is 400 g/mol. The average Bonchev–Trinajstić information content (AvgIpc) is 2.36. The van der Waals surface area contributed by atoms with E-state index >= 15 is 0 Å². The van der Waals surface area contributed by atoms with Crippen LogP contribution in [0.1, 0.15) is 45.4 Å². The summed E-state index contributed by atoms with van der Waals surface area (Å²) < 4.78 is 121. The Kier molecular flexibility index (Phi) is 11.1. The van der Waals surface area contributed by atoms with Gasteiger partial charge >= 0.3 is 68.5 Å². The number of rotatable bonds is 10. The number of unbranched alkanes of at least 4 members (excludes halogenated alkanes) is 4. The number of alkyl halides is 7. The van der Waals surface area contributed by atoms with Crippen LogP contribution < -0.4 is 51.4 Å². The Morgan fingerprint density at radius 3 is 1.78 bits per heavy atom. The van der Waals surface area contributed by atoms with Gasteiger partial charge in [-0.1, -0.05) is 39.0 Å². The summed E-state index contributed by atoms with van der Waals surface area (Å²) in [5.74, 6) is -12.6. The largest absolute Gasteiger partial charge is 1.00 e. The van der Waals surface area contributed by atoms with Crippen LogP contribution in [0.2, 0.25) is 0 Å². The van der Waals surface area contributed by atoms with Crippen LogP contribution in [-0.2, 0) is 10.1 Å². The molecule has 0 N–H and O–H groups in total. The second kappa shape index (κ2) is 9.67. The van der Waals surface area contributed by atoms with Gasteiger partial charge in [-0.2, -0.15) is 26.3 Å². The van der Waals surface area contributed by atoms with Crippen LogP contribution in [0, 0.1) is 0 Å². The molecule has 0 aliphatic rings. The number of hydrogen-bond donors (Lipinski definition) is 0. The molecule has 0 radical (unpaired) electrons. The first kappa shape index (κ1) is 26.3. The smallest absolute Gasteiger partial charge is 0.743 e. The van der Waals surface area contributed by atoms with E-state index in [-0.39, 0.29) is 64.2 Å². The van der Waals surface area contributed by atoms with E-state index in [0.717, 1.165) is 6.42 Å². The maximum atomic E-state index is 13.2. The van der Waals surface area contributed by atoms with E-state index in [1.165, 1.54) is 0 Å². The molecule has 0 fully saturated rings. The van der Waals surface area contributed by atoms with Crippen LogP contribution in [-0.4, -0.2) is 36.2 Å². The van der Waals surface area contributed by atoms with E-state index < -0.39 is 39.8 Å². The van der Waals surface area contributed by atoms with Gasteiger partial charge in [0.1, 0.15) is 0 Å². The zero-order valence-electron chi connectivity index (χ0n) is 12.6. The first-order valence-electron chi connectivity index (χ1n) is 6.46. The van der Waals surface area contributed by atoms with Gasteiger partial charge in [-0.15, -0.1) is 0 Å². The summed E-state index contributed by atoms with van der Waals surface area (Å²) in [4.78, 5) is 0. The molecule has 3 nitrogen and oxygen atoms in total.